The second-order valence-corrected chi connectivity index (χ2v) is 4.96. The van der Waals surface area contributed by atoms with Gasteiger partial charge in [0, 0.05) is 24.6 Å². The van der Waals surface area contributed by atoms with E-state index >= 15 is 0 Å². The molecule has 4 N–H and O–H groups in total. The SMILES string of the molecule is CC(C)c1nc(NCC(N)C(C)C)cc(=O)[nH]1. The minimum absolute atomic E-state index is 0.0542. The Bertz CT molecular complexity index is 411. The summed E-state index contributed by atoms with van der Waals surface area (Å²) in [7, 11) is 0. The van der Waals surface area contributed by atoms with Crippen molar-refractivity contribution in [1.82, 2.24) is 9.97 Å². The summed E-state index contributed by atoms with van der Waals surface area (Å²) in [5.74, 6) is 1.88. The van der Waals surface area contributed by atoms with Gasteiger partial charge < -0.3 is 16.0 Å². The van der Waals surface area contributed by atoms with E-state index in [0.29, 0.717) is 24.1 Å². The average molecular weight is 238 g/mol. The van der Waals surface area contributed by atoms with Crippen molar-refractivity contribution in [3.63, 3.8) is 0 Å². The van der Waals surface area contributed by atoms with Crippen LogP contribution in [-0.2, 0) is 0 Å². The molecule has 0 aliphatic carbocycles. The van der Waals surface area contributed by atoms with Crippen LogP contribution in [0.5, 0.6) is 0 Å². The Morgan fingerprint density at radius 2 is 2.06 bits per heavy atom. The summed E-state index contributed by atoms with van der Waals surface area (Å²) in [6, 6.07) is 1.51. The zero-order chi connectivity index (χ0) is 13.0. The van der Waals surface area contributed by atoms with E-state index in [1.54, 1.807) is 0 Å². The van der Waals surface area contributed by atoms with Crippen LogP contribution >= 0.6 is 0 Å². The van der Waals surface area contributed by atoms with Crippen LogP contribution in [-0.4, -0.2) is 22.6 Å². The lowest BCUT2D eigenvalue weighted by molar-refractivity contribution is 0.511. The average Bonchev–Trinajstić information content (AvgIpc) is 2.24. The van der Waals surface area contributed by atoms with Gasteiger partial charge in [-0.2, -0.15) is 0 Å². The summed E-state index contributed by atoms with van der Waals surface area (Å²) in [5, 5.41) is 3.11. The highest BCUT2D eigenvalue weighted by molar-refractivity contribution is 5.33. The first-order valence-electron chi connectivity index (χ1n) is 6.01. The van der Waals surface area contributed by atoms with Crippen LogP contribution in [0.2, 0.25) is 0 Å². The molecular weight excluding hydrogens is 216 g/mol. The number of nitrogens with zero attached hydrogens (tertiary/aromatic N) is 1. The topological polar surface area (TPSA) is 83.8 Å². The molecule has 0 bridgehead atoms. The molecule has 5 nitrogen and oxygen atoms in total. The van der Waals surface area contributed by atoms with Gasteiger partial charge in [-0.1, -0.05) is 27.7 Å². The highest BCUT2D eigenvalue weighted by Gasteiger charge is 2.09. The Kier molecular flexibility index (Phi) is 4.69. The van der Waals surface area contributed by atoms with Crippen LogP contribution in [0.4, 0.5) is 5.82 Å². The number of anilines is 1. The Balaban J connectivity index is 2.75. The molecular formula is C12H22N4O. The number of hydrogen-bond donors (Lipinski definition) is 3. The molecule has 1 unspecified atom stereocenters. The molecule has 1 aromatic rings. The lowest BCUT2D eigenvalue weighted by Gasteiger charge is -2.16. The van der Waals surface area contributed by atoms with Crippen LogP contribution in [0.3, 0.4) is 0 Å². The molecule has 1 atom stereocenters. The van der Waals surface area contributed by atoms with Gasteiger partial charge in [0.25, 0.3) is 5.56 Å². The Labute approximate surface area is 102 Å². The van der Waals surface area contributed by atoms with Crippen molar-refractivity contribution in [2.45, 2.75) is 39.7 Å². The second-order valence-electron chi connectivity index (χ2n) is 4.96. The predicted octanol–water partition coefficient (Wildman–Crippen LogP) is 1.29. The second kappa shape index (κ2) is 5.82. The molecule has 96 valence electrons. The third kappa shape index (κ3) is 4.19. The van der Waals surface area contributed by atoms with Crippen molar-refractivity contribution in [2.75, 3.05) is 11.9 Å². The molecule has 5 heteroatoms. The summed E-state index contributed by atoms with van der Waals surface area (Å²) < 4.78 is 0. The molecule has 0 amide bonds. The molecule has 0 aliphatic rings. The van der Waals surface area contributed by atoms with Gasteiger partial charge in [0.1, 0.15) is 11.6 Å². The molecule has 0 fully saturated rings. The maximum Gasteiger partial charge on any atom is 0.252 e. The lowest BCUT2D eigenvalue weighted by atomic mass is 10.1. The molecule has 0 spiro atoms. The van der Waals surface area contributed by atoms with Gasteiger partial charge in [-0.25, -0.2) is 4.98 Å². The van der Waals surface area contributed by atoms with Gasteiger partial charge >= 0.3 is 0 Å². The molecule has 0 radical (unpaired) electrons. The summed E-state index contributed by atoms with van der Waals surface area (Å²) in [5.41, 5.74) is 5.79. The molecule has 17 heavy (non-hydrogen) atoms. The van der Waals surface area contributed by atoms with Crippen LogP contribution in [0.1, 0.15) is 39.4 Å². The first-order chi connectivity index (χ1) is 7.90. The smallest absolute Gasteiger partial charge is 0.252 e. The van der Waals surface area contributed by atoms with Gasteiger partial charge in [-0.3, -0.25) is 4.79 Å². The first kappa shape index (κ1) is 13.7. The largest absolute Gasteiger partial charge is 0.368 e. The molecule has 1 rings (SSSR count). The number of H-pyrrole nitrogens is 1. The van der Waals surface area contributed by atoms with Gasteiger partial charge in [0.2, 0.25) is 0 Å². The van der Waals surface area contributed by atoms with Crippen LogP contribution in [0, 0.1) is 5.92 Å². The van der Waals surface area contributed by atoms with Gasteiger partial charge in [0.05, 0.1) is 0 Å². The molecule has 0 saturated carbocycles. The molecule has 0 aliphatic heterocycles. The lowest BCUT2D eigenvalue weighted by Crippen LogP contribution is -2.34. The highest BCUT2D eigenvalue weighted by atomic mass is 16.1. The van der Waals surface area contributed by atoms with E-state index < -0.39 is 0 Å². The minimum atomic E-state index is -0.135. The van der Waals surface area contributed by atoms with Crippen molar-refractivity contribution in [3.05, 3.63) is 22.2 Å². The highest BCUT2D eigenvalue weighted by Crippen LogP contribution is 2.09. The summed E-state index contributed by atoms with van der Waals surface area (Å²) >= 11 is 0. The number of hydrogen-bond acceptors (Lipinski definition) is 4. The van der Waals surface area contributed by atoms with Gasteiger partial charge in [0.15, 0.2) is 0 Å². The fourth-order valence-electron chi connectivity index (χ4n) is 1.30. The Morgan fingerprint density at radius 3 is 2.59 bits per heavy atom. The van der Waals surface area contributed by atoms with Crippen molar-refractivity contribution < 1.29 is 0 Å². The van der Waals surface area contributed by atoms with Gasteiger partial charge in [-0.15, -0.1) is 0 Å². The number of nitrogens with one attached hydrogen (secondary N) is 2. The summed E-state index contributed by atoms with van der Waals surface area (Å²) in [6.45, 7) is 8.73. The zero-order valence-corrected chi connectivity index (χ0v) is 10.9. The predicted molar refractivity (Wildman–Crippen MR) is 70.2 cm³/mol. The van der Waals surface area contributed by atoms with Gasteiger partial charge in [-0.05, 0) is 5.92 Å². The van der Waals surface area contributed by atoms with E-state index in [-0.39, 0.29) is 17.5 Å². The maximum absolute atomic E-state index is 11.4. The van der Waals surface area contributed by atoms with E-state index in [0.717, 1.165) is 0 Å². The first-order valence-corrected chi connectivity index (χ1v) is 6.01. The fourth-order valence-corrected chi connectivity index (χ4v) is 1.30. The monoisotopic (exact) mass is 238 g/mol. The van der Waals surface area contributed by atoms with Crippen LogP contribution in [0.25, 0.3) is 0 Å². The third-order valence-corrected chi connectivity index (χ3v) is 2.68. The number of aromatic nitrogens is 2. The van der Waals surface area contributed by atoms with Crippen LogP contribution < -0.4 is 16.6 Å². The van der Waals surface area contributed by atoms with Crippen molar-refractivity contribution >= 4 is 5.82 Å². The zero-order valence-electron chi connectivity index (χ0n) is 10.9. The van der Waals surface area contributed by atoms with Crippen molar-refractivity contribution in [3.8, 4) is 0 Å². The minimum Gasteiger partial charge on any atom is -0.368 e. The maximum atomic E-state index is 11.4. The number of aromatic amines is 1. The molecule has 0 saturated heterocycles. The van der Waals surface area contributed by atoms with E-state index in [2.05, 4.69) is 29.1 Å². The van der Waals surface area contributed by atoms with E-state index in [4.69, 9.17) is 5.73 Å². The number of rotatable bonds is 5. The fraction of sp³-hybridized carbons (Fsp3) is 0.667. The third-order valence-electron chi connectivity index (χ3n) is 2.68. The van der Waals surface area contributed by atoms with Crippen molar-refractivity contribution in [1.29, 1.82) is 0 Å². The van der Waals surface area contributed by atoms with E-state index in [9.17, 15) is 4.79 Å². The summed E-state index contributed by atoms with van der Waals surface area (Å²) in [4.78, 5) is 18.5. The Morgan fingerprint density at radius 1 is 1.41 bits per heavy atom. The molecule has 1 aromatic heterocycles. The normalized spacial score (nSPS) is 13.1. The van der Waals surface area contributed by atoms with Crippen molar-refractivity contribution in [2.24, 2.45) is 11.7 Å². The van der Waals surface area contributed by atoms with Crippen LogP contribution in [0.15, 0.2) is 10.9 Å². The quantitative estimate of drug-likeness (QED) is 0.721. The van der Waals surface area contributed by atoms with E-state index in [1.165, 1.54) is 6.07 Å². The molecule has 1 heterocycles. The summed E-state index contributed by atoms with van der Waals surface area (Å²) in [6.07, 6.45) is 0. The number of nitrogens with two attached hydrogens (primary N) is 1. The standard InChI is InChI=1S/C12H22N4O/c1-7(2)9(13)6-14-10-5-11(17)16-12(15-10)8(3)4/h5,7-9H,6,13H2,1-4H3,(H2,14,15,16,17). The van der Waals surface area contributed by atoms with E-state index in [1.807, 2.05) is 13.8 Å². The Hall–Kier alpha value is -1.36. The molecule has 0 aromatic carbocycles.